The Morgan fingerprint density at radius 2 is 2.36 bits per heavy atom. The third kappa shape index (κ3) is 2.37. The molecule has 4 rings (SSSR count). The van der Waals surface area contributed by atoms with Crippen molar-refractivity contribution in [2.45, 2.75) is 18.8 Å². The molecule has 3 aromatic heterocycles. The first-order chi connectivity index (χ1) is 10.8. The SMILES string of the molecule is O=C(c1cscn1)N1CCCC(c2ccc3cn[nH]c3n2)C1. The monoisotopic (exact) mass is 313 g/mol. The van der Waals surface area contributed by atoms with Gasteiger partial charge in [-0.15, -0.1) is 11.3 Å². The Balaban J connectivity index is 1.56. The average molecular weight is 313 g/mol. The lowest BCUT2D eigenvalue weighted by Crippen LogP contribution is -2.39. The second kappa shape index (κ2) is 5.49. The highest BCUT2D eigenvalue weighted by Crippen LogP contribution is 2.27. The van der Waals surface area contributed by atoms with Crippen LogP contribution in [-0.2, 0) is 0 Å². The molecule has 6 nitrogen and oxygen atoms in total. The largest absolute Gasteiger partial charge is 0.337 e. The number of pyridine rings is 1. The van der Waals surface area contributed by atoms with Crippen LogP contribution < -0.4 is 0 Å². The van der Waals surface area contributed by atoms with Crippen molar-refractivity contribution in [3.8, 4) is 0 Å². The van der Waals surface area contributed by atoms with Gasteiger partial charge in [0, 0.05) is 35.5 Å². The maximum absolute atomic E-state index is 12.4. The van der Waals surface area contributed by atoms with Crippen LogP contribution in [0.25, 0.3) is 11.0 Å². The summed E-state index contributed by atoms with van der Waals surface area (Å²) >= 11 is 1.45. The van der Waals surface area contributed by atoms with Gasteiger partial charge in [-0.05, 0) is 25.0 Å². The first kappa shape index (κ1) is 13.4. The molecule has 1 aliphatic heterocycles. The van der Waals surface area contributed by atoms with E-state index in [1.807, 2.05) is 17.0 Å². The highest BCUT2D eigenvalue weighted by molar-refractivity contribution is 7.07. The Bertz CT molecular complexity index is 797. The number of H-pyrrole nitrogens is 1. The fraction of sp³-hybridized carbons (Fsp3) is 0.333. The van der Waals surface area contributed by atoms with Crippen LogP contribution in [0, 0.1) is 0 Å². The quantitative estimate of drug-likeness (QED) is 0.788. The number of aromatic nitrogens is 4. The summed E-state index contributed by atoms with van der Waals surface area (Å²) in [7, 11) is 0. The Hall–Kier alpha value is -2.28. The minimum atomic E-state index is 0.0218. The molecule has 112 valence electrons. The maximum Gasteiger partial charge on any atom is 0.273 e. The highest BCUT2D eigenvalue weighted by Gasteiger charge is 2.27. The van der Waals surface area contributed by atoms with Crippen LogP contribution in [0.1, 0.15) is 34.9 Å². The van der Waals surface area contributed by atoms with Gasteiger partial charge in [-0.3, -0.25) is 9.89 Å². The number of piperidine rings is 1. The Labute approximate surface area is 131 Å². The molecule has 1 atom stereocenters. The van der Waals surface area contributed by atoms with E-state index in [1.54, 1.807) is 17.1 Å². The molecule has 1 amide bonds. The molecule has 1 N–H and O–H groups in total. The van der Waals surface area contributed by atoms with Crippen LogP contribution in [0.4, 0.5) is 0 Å². The summed E-state index contributed by atoms with van der Waals surface area (Å²) < 4.78 is 0. The van der Waals surface area contributed by atoms with Crippen molar-refractivity contribution >= 4 is 28.3 Å². The molecule has 3 aromatic rings. The van der Waals surface area contributed by atoms with E-state index < -0.39 is 0 Å². The number of aromatic amines is 1. The summed E-state index contributed by atoms with van der Waals surface area (Å²) in [5.41, 5.74) is 4.07. The van der Waals surface area contributed by atoms with Crippen molar-refractivity contribution in [3.05, 3.63) is 40.6 Å². The van der Waals surface area contributed by atoms with E-state index >= 15 is 0 Å². The fourth-order valence-electron chi connectivity index (χ4n) is 2.95. The zero-order valence-corrected chi connectivity index (χ0v) is 12.7. The molecule has 0 aromatic carbocycles. The van der Waals surface area contributed by atoms with Gasteiger partial charge in [0.05, 0.1) is 11.7 Å². The Morgan fingerprint density at radius 1 is 1.41 bits per heavy atom. The number of amides is 1. The second-order valence-electron chi connectivity index (χ2n) is 5.51. The summed E-state index contributed by atoms with van der Waals surface area (Å²) in [4.78, 5) is 23.1. The maximum atomic E-state index is 12.4. The van der Waals surface area contributed by atoms with Gasteiger partial charge in [0.15, 0.2) is 5.65 Å². The zero-order valence-electron chi connectivity index (χ0n) is 11.9. The van der Waals surface area contributed by atoms with Gasteiger partial charge in [0.25, 0.3) is 5.91 Å². The van der Waals surface area contributed by atoms with E-state index in [1.165, 1.54) is 11.3 Å². The van der Waals surface area contributed by atoms with Crippen molar-refractivity contribution in [1.82, 2.24) is 25.1 Å². The molecule has 0 aliphatic carbocycles. The third-order valence-electron chi connectivity index (χ3n) is 4.10. The summed E-state index contributed by atoms with van der Waals surface area (Å²) in [6.07, 6.45) is 3.81. The molecule has 1 aliphatic rings. The number of hydrogen-bond acceptors (Lipinski definition) is 5. The van der Waals surface area contributed by atoms with Crippen LogP contribution in [0.2, 0.25) is 0 Å². The normalized spacial score (nSPS) is 18.7. The molecule has 1 unspecified atom stereocenters. The molecule has 4 heterocycles. The first-order valence-electron chi connectivity index (χ1n) is 7.29. The molecular weight excluding hydrogens is 298 g/mol. The predicted octanol–water partition coefficient (Wildman–Crippen LogP) is 2.43. The van der Waals surface area contributed by atoms with Gasteiger partial charge >= 0.3 is 0 Å². The summed E-state index contributed by atoms with van der Waals surface area (Å²) in [6.45, 7) is 1.49. The molecule has 0 bridgehead atoms. The Kier molecular flexibility index (Phi) is 3.34. The minimum Gasteiger partial charge on any atom is -0.337 e. The van der Waals surface area contributed by atoms with Gasteiger partial charge in [-0.25, -0.2) is 9.97 Å². The number of carbonyl (C=O) groups is 1. The molecular formula is C15H15N5OS. The highest BCUT2D eigenvalue weighted by atomic mass is 32.1. The van der Waals surface area contributed by atoms with Crippen molar-refractivity contribution in [2.24, 2.45) is 0 Å². The van der Waals surface area contributed by atoms with Gasteiger partial charge in [-0.2, -0.15) is 5.10 Å². The zero-order chi connectivity index (χ0) is 14.9. The van der Waals surface area contributed by atoms with Crippen LogP contribution >= 0.6 is 11.3 Å². The van der Waals surface area contributed by atoms with Crippen molar-refractivity contribution in [2.75, 3.05) is 13.1 Å². The Morgan fingerprint density at radius 3 is 3.23 bits per heavy atom. The molecule has 1 saturated heterocycles. The predicted molar refractivity (Wildman–Crippen MR) is 83.9 cm³/mol. The summed E-state index contributed by atoms with van der Waals surface area (Å²) in [6, 6.07) is 4.07. The van der Waals surface area contributed by atoms with Gasteiger partial charge in [0.2, 0.25) is 0 Å². The molecule has 0 spiro atoms. The van der Waals surface area contributed by atoms with E-state index in [2.05, 4.69) is 20.2 Å². The molecule has 0 saturated carbocycles. The van der Waals surface area contributed by atoms with Crippen LogP contribution in [0.5, 0.6) is 0 Å². The van der Waals surface area contributed by atoms with Gasteiger partial charge in [-0.1, -0.05) is 0 Å². The lowest BCUT2D eigenvalue weighted by Gasteiger charge is -2.32. The van der Waals surface area contributed by atoms with E-state index in [9.17, 15) is 4.79 Å². The number of nitrogens with one attached hydrogen (secondary N) is 1. The molecule has 1 fully saturated rings. The van der Waals surface area contributed by atoms with Gasteiger partial charge in [0.1, 0.15) is 5.69 Å². The number of thiazole rings is 1. The number of likely N-dealkylation sites (tertiary alicyclic amines) is 1. The summed E-state index contributed by atoms with van der Waals surface area (Å²) in [5, 5.41) is 9.73. The van der Waals surface area contributed by atoms with E-state index in [-0.39, 0.29) is 11.8 Å². The van der Waals surface area contributed by atoms with E-state index in [4.69, 9.17) is 0 Å². The number of carbonyl (C=O) groups excluding carboxylic acids is 1. The lowest BCUT2D eigenvalue weighted by molar-refractivity contribution is 0.0701. The van der Waals surface area contributed by atoms with E-state index in [0.29, 0.717) is 12.2 Å². The lowest BCUT2D eigenvalue weighted by atomic mass is 9.94. The third-order valence-corrected chi connectivity index (χ3v) is 4.69. The van der Waals surface area contributed by atoms with Gasteiger partial charge < -0.3 is 4.90 Å². The minimum absolute atomic E-state index is 0.0218. The molecule has 7 heteroatoms. The number of rotatable bonds is 2. The van der Waals surface area contributed by atoms with Crippen LogP contribution in [0.3, 0.4) is 0 Å². The number of nitrogens with zero attached hydrogens (tertiary/aromatic N) is 4. The standard InChI is InChI=1S/C15H15N5OS/c21-15(13-8-22-9-16-13)20-5-1-2-11(7-20)12-4-3-10-6-17-19-14(10)18-12/h3-4,6,8-9,11H,1-2,5,7H2,(H,17,18,19). The van der Waals surface area contributed by atoms with Crippen molar-refractivity contribution < 1.29 is 4.79 Å². The second-order valence-corrected chi connectivity index (χ2v) is 6.23. The first-order valence-corrected chi connectivity index (χ1v) is 8.23. The average Bonchev–Trinajstić information content (AvgIpc) is 3.25. The number of fused-ring (bicyclic) bond motifs is 1. The fourth-order valence-corrected chi connectivity index (χ4v) is 3.48. The van der Waals surface area contributed by atoms with Crippen molar-refractivity contribution in [3.63, 3.8) is 0 Å². The summed E-state index contributed by atoms with van der Waals surface area (Å²) in [5.74, 6) is 0.289. The van der Waals surface area contributed by atoms with Crippen molar-refractivity contribution in [1.29, 1.82) is 0 Å². The topological polar surface area (TPSA) is 74.8 Å². The van der Waals surface area contributed by atoms with E-state index in [0.717, 1.165) is 36.1 Å². The molecule has 22 heavy (non-hydrogen) atoms. The number of hydrogen-bond donors (Lipinski definition) is 1. The molecule has 0 radical (unpaired) electrons. The smallest absolute Gasteiger partial charge is 0.273 e. The van der Waals surface area contributed by atoms with Crippen LogP contribution in [0.15, 0.2) is 29.2 Å². The van der Waals surface area contributed by atoms with Crippen LogP contribution in [-0.4, -0.2) is 44.1 Å².